The van der Waals surface area contributed by atoms with Crippen LogP contribution in [0.25, 0.3) is 0 Å². The van der Waals surface area contributed by atoms with E-state index < -0.39 is 0 Å². The van der Waals surface area contributed by atoms with E-state index in [1.54, 1.807) is 0 Å². The van der Waals surface area contributed by atoms with Crippen LogP contribution in [0, 0.1) is 23.2 Å². The van der Waals surface area contributed by atoms with E-state index in [9.17, 15) is 0 Å². The van der Waals surface area contributed by atoms with Crippen molar-refractivity contribution in [2.45, 2.75) is 106 Å². The highest BCUT2D eigenvalue weighted by atomic mass is 14.3. The van der Waals surface area contributed by atoms with Crippen LogP contribution in [0.15, 0.2) is 0 Å². The first kappa shape index (κ1) is 20.0. The molecule has 2 unspecified atom stereocenters. The molecule has 20 heavy (non-hydrogen) atoms. The Morgan fingerprint density at radius 2 is 1.45 bits per heavy atom. The molecular formula is C20H42. The van der Waals surface area contributed by atoms with Gasteiger partial charge in [-0.05, 0) is 48.9 Å². The van der Waals surface area contributed by atoms with Crippen LogP contribution in [0.2, 0.25) is 0 Å². The molecule has 0 heteroatoms. The summed E-state index contributed by atoms with van der Waals surface area (Å²) in [6.07, 6.45) is 12.7. The Morgan fingerprint density at radius 3 is 1.95 bits per heavy atom. The fraction of sp³-hybridized carbons (Fsp3) is 1.00. The summed E-state index contributed by atoms with van der Waals surface area (Å²) in [5.41, 5.74) is 0.548. The summed E-state index contributed by atoms with van der Waals surface area (Å²) in [7, 11) is 0. The molecule has 0 heterocycles. The molecule has 0 amide bonds. The predicted molar refractivity (Wildman–Crippen MR) is 94.2 cm³/mol. The molecule has 0 aliphatic heterocycles. The molecule has 0 aliphatic rings. The van der Waals surface area contributed by atoms with E-state index in [-0.39, 0.29) is 0 Å². The van der Waals surface area contributed by atoms with E-state index in [1.807, 2.05) is 0 Å². The molecular weight excluding hydrogens is 240 g/mol. The van der Waals surface area contributed by atoms with Crippen LogP contribution in [0.4, 0.5) is 0 Å². The summed E-state index contributed by atoms with van der Waals surface area (Å²) >= 11 is 0. The van der Waals surface area contributed by atoms with Crippen molar-refractivity contribution in [1.29, 1.82) is 0 Å². The number of hydrogen-bond acceptors (Lipinski definition) is 0. The first-order valence-corrected chi connectivity index (χ1v) is 9.30. The lowest BCUT2D eigenvalue weighted by Gasteiger charge is -2.31. The van der Waals surface area contributed by atoms with Crippen LogP contribution < -0.4 is 0 Å². The third-order valence-electron chi connectivity index (χ3n) is 4.62. The maximum atomic E-state index is 2.49. The molecule has 0 aromatic rings. The third kappa shape index (κ3) is 10.7. The van der Waals surface area contributed by atoms with Crippen molar-refractivity contribution in [2.75, 3.05) is 0 Å². The zero-order valence-electron chi connectivity index (χ0n) is 15.6. The van der Waals surface area contributed by atoms with Crippen molar-refractivity contribution in [1.82, 2.24) is 0 Å². The SMILES string of the molecule is CCCCC(CC(C)CC(C)C)CC(C)(C)CCCC. The fourth-order valence-electron chi connectivity index (χ4n) is 3.80. The predicted octanol–water partition coefficient (Wildman–Crippen LogP) is 7.47. The van der Waals surface area contributed by atoms with Crippen molar-refractivity contribution in [3.05, 3.63) is 0 Å². The number of rotatable bonds is 12. The van der Waals surface area contributed by atoms with Crippen molar-refractivity contribution >= 4 is 0 Å². The average molecular weight is 283 g/mol. The van der Waals surface area contributed by atoms with Crippen molar-refractivity contribution in [3.63, 3.8) is 0 Å². The molecule has 0 rings (SSSR count). The molecule has 2 atom stereocenters. The lowest BCUT2D eigenvalue weighted by atomic mass is 9.74. The topological polar surface area (TPSA) is 0 Å². The van der Waals surface area contributed by atoms with Gasteiger partial charge in [0.05, 0.1) is 0 Å². The minimum absolute atomic E-state index is 0.548. The fourth-order valence-corrected chi connectivity index (χ4v) is 3.80. The molecule has 0 saturated heterocycles. The second-order valence-corrected chi connectivity index (χ2v) is 8.45. The van der Waals surface area contributed by atoms with Gasteiger partial charge in [0.2, 0.25) is 0 Å². The Balaban J connectivity index is 4.38. The second-order valence-electron chi connectivity index (χ2n) is 8.45. The molecule has 0 aromatic heterocycles. The zero-order chi connectivity index (χ0) is 15.6. The Kier molecular flexibility index (Phi) is 10.7. The summed E-state index contributed by atoms with van der Waals surface area (Å²) in [6, 6.07) is 0. The molecule has 122 valence electrons. The standard InChI is InChI=1S/C20H42/c1-8-10-12-19(15-18(5)14-17(3)4)16-20(6,7)13-11-9-2/h17-19H,8-16H2,1-7H3. The lowest BCUT2D eigenvalue weighted by molar-refractivity contribution is 0.201. The molecule has 0 N–H and O–H groups in total. The van der Waals surface area contributed by atoms with Gasteiger partial charge >= 0.3 is 0 Å². The molecule has 0 aliphatic carbocycles. The smallest absolute Gasteiger partial charge is 0.0352 e. The van der Waals surface area contributed by atoms with Gasteiger partial charge in [0.1, 0.15) is 0 Å². The average Bonchev–Trinajstić information content (AvgIpc) is 2.32. The third-order valence-corrected chi connectivity index (χ3v) is 4.62. The van der Waals surface area contributed by atoms with Crippen LogP contribution in [0.1, 0.15) is 106 Å². The molecule has 0 radical (unpaired) electrons. The van der Waals surface area contributed by atoms with Gasteiger partial charge in [0, 0.05) is 0 Å². The molecule has 0 saturated carbocycles. The van der Waals surface area contributed by atoms with Crippen LogP contribution in [0.5, 0.6) is 0 Å². The summed E-state index contributed by atoms with van der Waals surface area (Å²) < 4.78 is 0. The van der Waals surface area contributed by atoms with Gasteiger partial charge in [-0.15, -0.1) is 0 Å². The van der Waals surface area contributed by atoms with Gasteiger partial charge in [0.25, 0.3) is 0 Å². The quantitative estimate of drug-likeness (QED) is 0.348. The summed E-state index contributed by atoms with van der Waals surface area (Å²) in [6.45, 7) is 16.8. The molecule has 0 bridgehead atoms. The van der Waals surface area contributed by atoms with E-state index in [0.717, 1.165) is 17.8 Å². The monoisotopic (exact) mass is 282 g/mol. The van der Waals surface area contributed by atoms with E-state index in [1.165, 1.54) is 57.8 Å². The maximum Gasteiger partial charge on any atom is -0.0352 e. The van der Waals surface area contributed by atoms with Gasteiger partial charge in [-0.1, -0.05) is 80.6 Å². The normalized spacial score (nSPS) is 15.6. The molecule has 0 nitrogen and oxygen atoms in total. The summed E-state index contributed by atoms with van der Waals surface area (Å²) in [4.78, 5) is 0. The Bertz CT molecular complexity index is 214. The minimum atomic E-state index is 0.548. The first-order chi connectivity index (χ1) is 9.30. The second kappa shape index (κ2) is 10.7. The van der Waals surface area contributed by atoms with Crippen LogP contribution >= 0.6 is 0 Å². The van der Waals surface area contributed by atoms with E-state index >= 15 is 0 Å². The van der Waals surface area contributed by atoms with Crippen LogP contribution in [-0.2, 0) is 0 Å². The van der Waals surface area contributed by atoms with Gasteiger partial charge in [-0.2, -0.15) is 0 Å². The van der Waals surface area contributed by atoms with E-state index in [2.05, 4.69) is 48.5 Å². The molecule has 0 aromatic carbocycles. The van der Waals surface area contributed by atoms with Gasteiger partial charge < -0.3 is 0 Å². The van der Waals surface area contributed by atoms with Crippen molar-refractivity contribution < 1.29 is 0 Å². The Morgan fingerprint density at radius 1 is 0.850 bits per heavy atom. The highest BCUT2D eigenvalue weighted by Gasteiger charge is 2.24. The van der Waals surface area contributed by atoms with Crippen molar-refractivity contribution in [3.8, 4) is 0 Å². The van der Waals surface area contributed by atoms with Gasteiger partial charge in [-0.25, -0.2) is 0 Å². The number of hydrogen-bond donors (Lipinski definition) is 0. The van der Waals surface area contributed by atoms with Crippen LogP contribution in [-0.4, -0.2) is 0 Å². The van der Waals surface area contributed by atoms with Crippen molar-refractivity contribution in [2.24, 2.45) is 23.2 Å². The minimum Gasteiger partial charge on any atom is -0.0654 e. The van der Waals surface area contributed by atoms with Gasteiger partial charge in [0.15, 0.2) is 0 Å². The highest BCUT2D eigenvalue weighted by molar-refractivity contribution is 4.75. The Hall–Kier alpha value is 0. The van der Waals surface area contributed by atoms with E-state index in [4.69, 9.17) is 0 Å². The Labute approximate surface area is 130 Å². The molecule has 0 spiro atoms. The molecule has 0 fully saturated rings. The summed E-state index contributed by atoms with van der Waals surface area (Å²) in [5, 5.41) is 0. The largest absolute Gasteiger partial charge is 0.0654 e. The number of unbranched alkanes of at least 4 members (excludes halogenated alkanes) is 2. The van der Waals surface area contributed by atoms with Crippen LogP contribution in [0.3, 0.4) is 0 Å². The zero-order valence-corrected chi connectivity index (χ0v) is 15.6. The van der Waals surface area contributed by atoms with Gasteiger partial charge in [-0.3, -0.25) is 0 Å². The van der Waals surface area contributed by atoms with E-state index in [0.29, 0.717) is 5.41 Å². The maximum absolute atomic E-state index is 2.49. The first-order valence-electron chi connectivity index (χ1n) is 9.30. The summed E-state index contributed by atoms with van der Waals surface area (Å²) in [5.74, 6) is 2.71. The highest BCUT2D eigenvalue weighted by Crippen LogP contribution is 2.36. The lowest BCUT2D eigenvalue weighted by Crippen LogP contribution is -2.19.